The number of hydrogen-bond acceptors (Lipinski definition) is 5. The summed E-state index contributed by atoms with van der Waals surface area (Å²) in [6, 6.07) is 9.36. The number of nitrogens with one attached hydrogen (secondary N) is 1. The standard InChI is InChI=1S/C22H24Cl2N2O5S/c1-15(2)31-21-7-6-18(32(28,29)26-9-11-30-12-10-26)14-20(21)25-22(27)8-4-16-3-5-17(23)13-19(16)24/h3-8,13-15H,9-12H2,1-2H3,(H,25,27)/b8-4+. The van der Waals surface area contributed by atoms with Gasteiger partial charge in [0.15, 0.2) is 0 Å². The summed E-state index contributed by atoms with van der Waals surface area (Å²) in [6.07, 6.45) is 2.68. The first-order chi connectivity index (χ1) is 15.2. The molecule has 1 aliphatic heterocycles. The molecule has 1 aliphatic rings. The summed E-state index contributed by atoms with van der Waals surface area (Å²) in [5.74, 6) is -0.0993. The molecule has 0 saturated carbocycles. The number of halogens is 2. The van der Waals surface area contributed by atoms with Crippen LogP contribution in [-0.4, -0.2) is 51.0 Å². The number of sulfonamides is 1. The van der Waals surface area contributed by atoms with Gasteiger partial charge in [0, 0.05) is 29.2 Å². The Morgan fingerprint density at radius 3 is 2.53 bits per heavy atom. The van der Waals surface area contributed by atoms with Crippen LogP contribution in [0.25, 0.3) is 6.08 Å². The average molecular weight is 499 g/mol. The van der Waals surface area contributed by atoms with Crippen LogP contribution in [0.15, 0.2) is 47.4 Å². The van der Waals surface area contributed by atoms with Gasteiger partial charge in [-0.1, -0.05) is 29.3 Å². The van der Waals surface area contributed by atoms with E-state index in [1.165, 1.54) is 22.5 Å². The van der Waals surface area contributed by atoms with Crippen LogP contribution >= 0.6 is 23.2 Å². The number of carbonyl (C=O) groups is 1. The van der Waals surface area contributed by atoms with Crippen molar-refractivity contribution in [2.45, 2.75) is 24.8 Å². The van der Waals surface area contributed by atoms with E-state index >= 15 is 0 Å². The average Bonchev–Trinajstić information content (AvgIpc) is 2.74. The summed E-state index contributed by atoms with van der Waals surface area (Å²) in [5.41, 5.74) is 0.874. The van der Waals surface area contributed by atoms with Gasteiger partial charge in [-0.2, -0.15) is 4.31 Å². The van der Waals surface area contributed by atoms with E-state index < -0.39 is 15.9 Å². The van der Waals surface area contributed by atoms with E-state index in [9.17, 15) is 13.2 Å². The fourth-order valence-corrected chi connectivity index (χ4v) is 4.94. The van der Waals surface area contributed by atoms with Gasteiger partial charge in [-0.05, 0) is 55.8 Å². The van der Waals surface area contributed by atoms with Crippen LogP contribution in [0.5, 0.6) is 5.75 Å². The Morgan fingerprint density at radius 2 is 1.88 bits per heavy atom. The zero-order valence-electron chi connectivity index (χ0n) is 17.7. The summed E-state index contributed by atoms with van der Waals surface area (Å²) < 4.78 is 38.4. The van der Waals surface area contributed by atoms with Gasteiger partial charge in [0.25, 0.3) is 0 Å². The summed E-state index contributed by atoms with van der Waals surface area (Å²) in [6.45, 7) is 4.92. The highest BCUT2D eigenvalue weighted by atomic mass is 35.5. The Morgan fingerprint density at radius 1 is 1.16 bits per heavy atom. The molecular weight excluding hydrogens is 475 g/mol. The molecule has 1 fully saturated rings. The minimum atomic E-state index is -3.73. The van der Waals surface area contributed by atoms with Crippen molar-refractivity contribution >= 4 is 50.9 Å². The minimum Gasteiger partial charge on any atom is -0.489 e. The smallest absolute Gasteiger partial charge is 0.248 e. The van der Waals surface area contributed by atoms with Crippen LogP contribution in [0, 0.1) is 0 Å². The highest BCUT2D eigenvalue weighted by Gasteiger charge is 2.27. The Labute approximate surface area is 198 Å². The van der Waals surface area contributed by atoms with Gasteiger partial charge in [0.1, 0.15) is 5.75 Å². The van der Waals surface area contributed by atoms with E-state index in [0.717, 1.165) is 0 Å². The number of ether oxygens (including phenoxy) is 2. The second-order valence-corrected chi connectivity index (χ2v) is 10.1. The predicted octanol–water partition coefficient (Wildman–Crippen LogP) is 4.45. The van der Waals surface area contributed by atoms with Crippen molar-refractivity contribution < 1.29 is 22.7 Å². The molecule has 3 rings (SSSR count). The number of hydrogen-bond donors (Lipinski definition) is 1. The maximum atomic E-state index is 13.0. The molecule has 0 aliphatic carbocycles. The molecule has 7 nitrogen and oxygen atoms in total. The quantitative estimate of drug-likeness (QED) is 0.569. The first-order valence-electron chi connectivity index (χ1n) is 9.99. The number of amides is 1. The molecule has 0 spiro atoms. The van der Waals surface area contributed by atoms with Crippen molar-refractivity contribution in [2.75, 3.05) is 31.6 Å². The van der Waals surface area contributed by atoms with Gasteiger partial charge in [-0.3, -0.25) is 4.79 Å². The van der Waals surface area contributed by atoms with Gasteiger partial charge in [-0.15, -0.1) is 0 Å². The largest absolute Gasteiger partial charge is 0.489 e. The van der Waals surface area contributed by atoms with Crippen molar-refractivity contribution in [2.24, 2.45) is 0 Å². The van der Waals surface area contributed by atoms with Crippen molar-refractivity contribution in [3.05, 3.63) is 58.1 Å². The third-order valence-corrected chi connectivity index (χ3v) is 7.01. The van der Waals surface area contributed by atoms with Crippen molar-refractivity contribution in [1.29, 1.82) is 0 Å². The molecule has 1 saturated heterocycles. The summed E-state index contributed by atoms with van der Waals surface area (Å²) in [5, 5.41) is 3.60. The fourth-order valence-electron chi connectivity index (χ4n) is 3.04. The van der Waals surface area contributed by atoms with E-state index in [4.69, 9.17) is 32.7 Å². The van der Waals surface area contributed by atoms with E-state index in [1.54, 1.807) is 30.3 Å². The van der Waals surface area contributed by atoms with Crippen LogP contribution < -0.4 is 10.1 Å². The molecule has 0 unspecified atom stereocenters. The van der Waals surface area contributed by atoms with Gasteiger partial charge >= 0.3 is 0 Å². The van der Waals surface area contributed by atoms with Gasteiger partial charge in [-0.25, -0.2) is 8.42 Å². The summed E-state index contributed by atoms with van der Waals surface area (Å²) in [4.78, 5) is 12.6. The molecule has 1 amide bonds. The van der Waals surface area contributed by atoms with Crippen LogP contribution in [0.3, 0.4) is 0 Å². The number of morpholine rings is 1. The number of anilines is 1. The molecule has 0 atom stereocenters. The van der Waals surface area contributed by atoms with Crippen LogP contribution in [0.2, 0.25) is 10.0 Å². The second kappa shape index (κ2) is 10.7. The molecule has 1 N–H and O–H groups in total. The molecule has 10 heteroatoms. The van der Waals surface area contributed by atoms with E-state index in [2.05, 4.69) is 5.32 Å². The van der Waals surface area contributed by atoms with Crippen molar-refractivity contribution in [3.63, 3.8) is 0 Å². The summed E-state index contributed by atoms with van der Waals surface area (Å²) >= 11 is 12.0. The minimum absolute atomic E-state index is 0.0653. The molecular formula is C22H24Cl2N2O5S. The lowest BCUT2D eigenvalue weighted by molar-refractivity contribution is -0.111. The fraction of sp³-hybridized carbons (Fsp3) is 0.318. The molecule has 2 aromatic carbocycles. The molecule has 2 aromatic rings. The summed E-state index contributed by atoms with van der Waals surface area (Å²) in [7, 11) is -3.73. The normalized spacial score (nSPS) is 15.3. The van der Waals surface area contributed by atoms with E-state index in [0.29, 0.717) is 34.6 Å². The van der Waals surface area contributed by atoms with Gasteiger partial charge in [0.2, 0.25) is 15.9 Å². The lowest BCUT2D eigenvalue weighted by atomic mass is 10.2. The lowest BCUT2D eigenvalue weighted by Crippen LogP contribution is -2.40. The predicted molar refractivity (Wildman–Crippen MR) is 126 cm³/mol. The first-order valence-corrected chi connectivity index (χ1v) is 12.2. The lowest BCUT2D eigenvalue weighted by Gasteiger charge is -2.26. The zero-order valence-corrected chi connectivity index (χ0v) is 20.0. The van der Waals surface area contributed by atoms with Crippen LogP contribution in [0.4, 0.5) is 5.69 Å². The molecule has 0 aromatic heterocycles. The third-order valence-electron chi connectivity index (χ3n) is 4.56. The van der Waals surface area contributed by atoms with Gasteiger partial charge in [0.05, 0.1) is 29.9 Å². The highest BCUT2D eigenvalue weighted by molar-refractivity contribution is 7.89. The number of nitrogens with zero attached hydrogens (tertiary/aromatic N) is 1. The van der Waals surface area contributed by atoms with E-state index in [1.807, 2.05) is 13.8 Å². The Balaban J connectivity index is 1.86. The van der Waals surface area contributed by atoms with Crippen molar-refractivity contribution in [3.8, 4) is 5.75 Å². The van der Waals surface area contributed by atoms with E-state index in [-0.39, 0.29) is 29.8 Å². The highest BCUT2D eigenvalue weighted by Crippen LogP contribution is 2.30. The Hall–Kier alpha value is -2.10. The maximum absolute atomic E-state index is 13.0. The molecule has 32 heavy (non-hydrogen) atoms. The zero-order chi connectivity index (χ0) is 23.3. The van der Waals surface area contributed by atoms with Gasteiger partial charge < -0.3 is 14.8 Å². The number of carbonyl (C=O) groups excluding carboxylic acids is 1. The SMILES string of the molecule is CC(C)Oc1ccc(S(=O)(=O)N2CCOCC2)cc1NC(=O)/C=C/c1ccc(Cl)cc1Cl. The first kappa shape index (κ1) is 24.5. The molecule has 0 radical (unpaired) electrons. The topological polar surface area (TPSA) is 84.9 Å². The molecule has 0 bridgehead atoms. The molecule has 172 valence electrons. The maximum Gasteiger partial charge on any atom is 0.248 e. The van der Waals surface area contributed by atoms with Crippen LogP contribution in [0.1, 0.15) is 19.4 Å². The third kappa shape index (κ3) is 6.24. The Kier molecular flexibility index (Phi) is 8.19. The number of rotatable bonds is 7. The Bertz CT molecular complexity index is 1110. The van der Waals surface area contributed by atoms with Crippen LogP contribution in [-0.2, 0) is 19.6 Å². The number of benzene rings is 2. The monoisotopic (exact) mass is 498 g/mol. The second-order valence-electron chi connectivity index (χ2n) is 7.33. The van der Waals surface area contributed by atoms with Crippen molar-refractivity contribution in [1.82, 2.24) is 4.31 Å². The molecule has 1 heterocycles.